The summed E-state index contributed by atoms with van der Waals surface area (Å²) in [6, 6.07) is 8.84. The Morgan fingerprint density at radius 3 is 2.78 bits per heavy atom. The molecule has 1 heterocycles. The van der Waals surface area contributed by atoms with Crippen molar-refractivity contribution >= 4 is 5.97 Å². The summed E-state index contributed by atoms with van der Waals surface area (Å²) in [6.07, 6.45) is 0. The van der Waals surface area contributed by atoms with Gasteiger partial charge in [-0.25, -0.2) is 9.48 Å². The number of hydrogen-bond acceptors (Lipinski definition) is 3. The van der Waals surface area contributed by atoms with E-state index in [0.29, 0.717) is 11.4 Å². The van der Waals surface area contributed by atoms with E-state index in [2.05, 4.69) is 5.10 Å². The molecule has 18 heavy (non-hydrogen) atoms. The van der Waals surface area contributed by atoms with Gasteiger partial charge in [-0.2, -0.15) is 5.10 Å². The highest BCUT2D eigenvalue weighted by atomic mass is 16.5. The van der Waals surface area contributed by atoms with Crippen LogP contribution in [-0.2, 0) is 4.74 Å². The molecule has 1 aromatic carbocycles. The summed E-state index contributed by atoms with van der Waals surface area (Å²) >= 11 is 0. The Kier molecular flexibility index (Phi) is 2.50. The van der Waals surface area contributed by atoms with Crippen LogP contribution in [-0.4, -0.2) is 22.4 Å². The van der Waals surface area contributed by atoms with Crippen LogP contribution in [0.1, 0.15) is 32.8 Å². The third kappa shape index (κ3) is 2.14. The molecule has 0 bridgehead atoms. The number of nitrogens with zero attached hydrogens (tertiary/aromatic N) is 2. The standard InChI is InChI=1S/C14H16N2O2/c1-4-18-14(17)13-10(2)15-16(11(13)3)12-8-6-5-7-9-12/h5-9H,4H2,1-3H3/i3D3. The molecule has 0 saturated heterocycles. The summed E-state index contributed by atoms with van der Waals surface area (Å²) < 4.78 is 29.4. The SMILES string of the molecule is [2H]C([2H])([2H])c1c(C(=O)OCC)c(C)nn1-c1ccccc1. The van der Waals surface area contributed by atoms with Gasteiger partial charge in [-0.3, -0.25) is 0 Å². The van der Waals surface area contributed by atoms with Gasteiger partial charge in [0.25, 0.3) is 0 Å². The lowest BCUT2D eigenvalue weighted by molar-refractivity contribution is 0.0524. The van der Waals surface area contributed by atoms with E-state index in [1.807, 2.05) is 6.07 Å². The highest BCUT2D eigenvalue weighted by Gasteiger charge is 2.20. The molecule has 4 nitrogen and oxygen atoms in total. The lowest BCUT2D eigenvalue weighted by atomic mass is 10.2. The Labute approximate surface area is 110 Å². The average molecular weight is 247 g/mol. The van der Waals surface area contributed by atoms with Crippen molar-refractivity contribution in [2.45, 2.75) is 20.7 Å². The normalized spacial score (nSPS) is 13.6. The van der Waals surface area contributed by atoms with E-state index in [1.54, 1.807) is 38.1 Å². The van der Waals surface area contributed by atoms with E-state index in [-0.39, 0.29) is 17.9 Å². The number of benzene rings is 1. The molecule has 0 atom stereocenters. The number of aryl methyl sites for hydroxylation is 1. The van der Waals surface area contributed by atoms with E-state index >= 15 is 0 Å². The Morgan fingerprint density at radius 1 is 1.44 bits per heavy atom. The van der Waals surface area contributed by atoms with Crippen molar-refractivity contribution in [1.29, 1.82) is 0 Å². The molecule has 94 valence electrons. The number of ether oxygens (including phenoxy) is 1. The molecule has 2 aromatic rings. The highest BCUT2D eigenvalue weighted by molar-refractivity contribution is 5.92. The van der Waals surface area contributed by atoms with Crippen LogP contribution >= 0.6 is 0 Å². The Balaban J connectivity index is 2.68. The van der Waals surface area contributed by atoms with Crippen molar-refractivity contribution < 1.29 is 13.6 Å². The second-order valence-corrected chi connectivity index (χ2v) is 3.78. The quantitative estimate of drug-likeness (QED) is 0.783. The van der Waals surface area contributed by atoms with Gasteiger partial charge in [0.15, 0.2) is 0 Å². The molecule has 1 aromatic heterocycles. The summed E-state index contributed by atoms with van der Waals surface area (Å²) in [5, 5.41) is 4.21. The minimum atomic E-state index is -2.47. The Hall–Kier alpha value is -2.10. The van der Waals surface area contributed by atoms with E-state index in [9.17, 15) is 4.79 Å². The first-order valence-corrected chi connectivity index (χ1v) is 5.69. The zero-order valence-corrected chi connectivity index (χ0v) is 10.3. The summed E-state index contributed by atoms with van der Waals surface area (Å²) in [5.74, 6) is -0.664. The van der Waals surface area contributed by atoms with Crippen molar-refractivity contribution in [2.24, 2.45) is 0 Å². The summed E-state index contributed by atoms with van der Waals surface area (Å²) in [7, 11) is 0. The fourth-order valence-electron chi connectivity index (χ4n) is 1.73. The molecule has 0 aliphatic heterocycles. The smallest absolute Gasteiger partial charge is 0.341 e. The van der Waals surface area contributed by atoms with Gasteiger partial charge < -0.3 is 4.74 Å². The van der Waals surface area contributed by atoms with Crippen LogP contribution in [0, 0.1) is 13.8 Å². The van der Waals surface area contributed by atoms with Crippen LogP contribution in [0.4, 0.5) is 0 Å². The molecule has 4 heteroatoms. The van der Waals surface area contributed by atoms with Gasteiger partial charge in [0.2, 0.25) is 0 Å². The van der Waals surface area contributed by atoms with Crippen molar-refractivity contribution in [3.8, 4) is 5.69 Å². The number of carbonyl (C=O) groups excluding carboxylic acids is 1. The molecule has 0 fully saturated rings. The van der Waals surface area contributed by atoms with Gasteiger partial charge in [0, 0.05) is 4.11 Å². The topological polar surface area (TPSA) is 44.1 Å². The first-order valence-electron chi connectivity index (χ1n) is 7.19. The van der Waals surface area contributed by atoms with Gasteiger partial charge in [0.05, 0.1) is 23.7 Å². The predicted molar refractivity (Wildman–Crippen MR) is 69.0 cm³/mol. The van der Waals surface area contributed by atoms with Crippen LogP contribution < -0.4 is 0 Å². The lowest BCUT2D eigenvalue weighted by Gasteiger charge is -2.04. The first-order chi connectivity index (χ1) is 9.86. The number of hydrogen-bond donors (Lipinski definition) is 0. The third-order valence-electron chi connectivity index (χ3n) is 2.54. The lowest BCUT2D eigenvalue weighted by Crippen LogP contribution is -2.07. The molecule has 2 rings (SSSR count). The molecule has 0 N–H and O–H groups in total. The molecule has 0 aliphatic rings. The van der Waals surface area contributed by atoms with Crippen molar-refractivity contribution in [2.75, 3.05) is 6.61 Å². The number of aromatic nitrogens is 2. The van der Waals surface area contributed by atoms with Crippen LogP contribution in [0.15, 0.2) is 30.3 Å². The minimum Gasteiger partial charge on any atom is -0.462 e. The molecule has 0 amide bonds. The number of rotatable bonds is 3. The monoisotopic (exact) mass is 247 g/mol. The van der Waals surface area contributed by atoms with Crippen molar-refractivity contribution in [1.82, 2.24) is 9.78 Å². The van der Waals surface area contributed by atoms with Crippen LogP contribution in [0.3, 0.4) is 0 Å². The second kappa shape index (κ2) is 5.04. The van der Waals surface area contributed by atoms with E-state index in [4.69, 9.17) is 8.85 Å². The maximum absolute atomic E-state index is 12.1. The van der Waals surface area contributed by atoms with Gasteiger partial charge in [0.1, 0.15) is 5.56 Å². The van der Waals surface area contributed by atoms with Crippen LogP contribution in [0.2, 0.25) is 0 Å². The number of para-hydroxylation sites is 1. The largest absolute Gasteiger partial charge is 0.462 e. The summed E-state index contributed by atoms with van der Waals surface area (Å²) in [6.45, 7) is 0.971. The van der Waals surface area contributed by atoms with Crippen molar-refractivity contribution in [3.63, 3.8) is 0 Å². The third-order valence-corrected chi connectivity index (χ3v) is 2.54. The maximum Gasteiger partial charge on any atom is 0.341 e. The molecule has 0 unspecified atom stereocenters. The predicted octanol–water partition coefficient (Wildman–Crippen LogP) is 2.67. The van der Waals surface area contributed by atoms with E-state index in [0.717, 1.165) is 0 Å². The van der Waals surface area contributed by atoms with Gasteiger partial charge in [-0.15, -0.1) is 0 Å². The molecule has 0 aliphatic carbocycles. The molecular formula is C14H16N2O2. The average Bonchev–Trinajstić information content (AvgIpc) is 2.78. The molecular weight excluding hydrogens is 228 g/mol. The van der Waals surface area contributed by atoms with Crippen molar-refractivity contribution in [3.05, 3.63) is 47.3 Å². The van der Waals surface area contributed by atoms with Gasteiger partial charge in [-0.05, 0) is 32.8 Å². The highest BCUT2D eigenvalue weighted by Crippen LogP contribution is 2.18. The summed E-state index contributed by atoms with van der Waals surface area (Å²) in [5.41, 5.74) is 0.816. The van der Waals surface area contributed by atoms with Crippen LogP contribution in [0.25, 0.3) is 5.69 Å². The zero-order chi connectivity index (χ0) is 15.6. The summed E-state index contributed by atoms with van der Waals surface area (Å²) in [4.78, 5) is 12.1. The number of esters is 1. The minimum absolute atomic E-state index is 0.0145. The molecule has 0 saturated carbocycles. The maximum atomic E-state index is 12.1. The molecule has 0 spiro atoms. The molecule has 0 radical (unpaired) electrons. The van der Waals surface area contributed by atoms with E-state index in [1.165, 1.54) is 4.68 Å². The Bertz CT molecular complexity index is 648. The fourth-order valence-corrected chi connectivity index (χ4v) is 1.73. The van der Waals surface area contributed by atoms with Gasteiger partial charge >= 0.3 is 5.97 Å². The zero-order valence-electron chi connectivity index (χ0n) is 13.3. The fraction of sp³-hybridized carbons (Fsp3) is 0.286. The van der Waals surface area contributed by atoms with Crippen LogP contribution in [0.5, 0.6) is 0 Å². The van der Waals surface area contributed by atoms with Gasteiger partial charge in [-0.1, -0.05) is 18.2 Å². The second-order valence-electron chi connectivity index (χ2n) is 3.78. The Morgan fingerprint density at radius 2 is 2.17 bits per heavy atom. The van der Waals surface area contributed by atoms with E-state index < -0.39 is 12.8 Å². The number of carbonyl (C=O) groups is 1. The first kappa shape index (κ1) is 8.91.